The lowest BCUT2D eigenvalue weighted by atomic mass is 10.1. The molecule has 1 atom stereocenters. The van der Waals surface area contributed by atoms with Crippen LogP contribution >= 0.6 is 0 Å². The third-order valence-electron chi connectivity index (χ3n) is 1.21. The van der Waals surface area contributed by atoms with E-state index in [1.807, 2.05) is 6.92 Å². The van der Waals surface area contributed by atoms with Gasteiger partial charge in [0, 0.05) is 6.08 Å². The smallest absolute Gasteiger partial charge is 0.327 e. The van der Waals surface area contributed by atoms with Crippen molar-refractivity contribution in [3.8, 4) is 0 Å². The van der Waals surface area contributed by atoms with Crippen LogP contribution in [-0.4, -0.2) is 22.2 Å². The lowest BCUT2D eigenvalue weighted by Gasteiger charge is -1.96. The fourth-order valence-electron chi connectivity index (χ4n) is 0.175. The van der Waals surface area contributed by atoms with E-state index >= 15 is 0 Å². The number of carboxylic acids is 2. The predicted molar refractivity (Wildman–Crippen MR) is 51.7 cm³/mol. The summed E-state index contributed by atoms with van der Waals surface area (Å²) in [6.45, 7) is 6.52. The SMILES string of the molecule is C.C=CC(=O)O.CCC(C)C(=O)O. The van der Waals surface area contributed by atoms with Gasteiger partial charge in [0.15, 0.2) is 0 Å². The standard InChI is InChI=1S/C5H10O2.C3H4O2.CH4/c1-3-4(2)5(6)7;1-2-3(4)5;/h4H,3H2,1-2H3,(H,6,7);2H,1H2,(H,4,5);1H4. The minimum absolute atomic E-state index is 0. The van der Waals surface area contributed by atoms with Gasteiger partial charge in [-0.05, 0) is 6.42 Å². The number of carboxylic acid groups (broad SMARTS) is 2. The molecular weight excluding hydrogens is 172 g/mol. The second kappa shape index (κ2) is 10.7. The first-order valence-corrected chi connectivity index (χ1v) is 3.53. The van der Waals surface area contributed by atoms with Gasteiger partial charge in [-0.3, -0.25) is 4.79 Å². The molecular formula is C9H18O4. The second-order valence-corrected chi connectivity index (χ2v) is 2.19. The summed E-state index contributed by atoms with van der Waals surface area (Å²) in [7, 11) is 0. The molecule has 4 nitrogen and oxygen atoms in total. The van der Waals surface area contributed by atoms with E-state index in [2.05, 4.69) is 6.58 Å². The van der Waals surface area contributed by atoms with Gasteiger partial charge in [-0.1, -0.05) is 27.9 Å². The maximum atomic E-state index is 9.93. The summed E-state index contributed by atoms with van der Waals surface area (Å²) < 4.78 is 0. The van der Waals surface area contributed by atoms with Crippen molar-refractivity contribution in [2.24, 2.45) is 5.92 Å². The molecule has 0 aliphatic carbocycles. The van der Waals surface area contributed by atoms with Crippen LogP contribution in [0.15, 0.2) is 12.7 Å². The van der Waals surface area contributed by atoms with E-state index in [1.165, 1.54) is 0 Å². The summed E-state index contributed by atoms with van der Waals surface area (Å²) in [6.07, 6.45) is 1.55. The molecule has 0 rings (SSSR count). The van der Waals surface area contributed by atoms with Crippen LogP contribution in [0.5, 0.6) is 0 Å². The Morgan fingerprint density at radius 3 is 1.77 bits per heavy atom. The maximum Gasteiger partial charge on any atom is 0.327 e. The van der Waals surface area contributed by atoms with Gasteiger partial charge in [0.1, 0.15) is 0 Å². The minimum atomic E-state index is -0.981. The molecule has 0 aromatic rings. The van der Waals surface area contributed by atoms with Gasteiger partial charge in [0.05, 0.1) is 5.92 Å². The molecule has 0 aliphatic heterocycles. The van der Waals surface area contributed by atoms with Crippen molar-refractivity contribution < 1.29 is 19.8 Å². The highest BCUT2D eigenvalue weighted by atomic mass is 16.4. The van der Waals surface area contributed by atoms with Gasteiger partial charge < -0.3 is 10.2 Å². The molecule has 0 spiro atoms. The highest BCUT2D eigenvalue weighted by Crippen LogP contribution is 1.97. The predicted octanol–water partition coefficient (Wildman–Crippen LogP) is 2.01. The first-order chi connectivity index (χ1) is 5.45. The van der Waals surface area contributed by atoms with E-state index in [0.29, 0.717) is 0 Å². The summed E-state index contributed by atoms with van der Waals surface area (Å²) in [5.74, 6) is -1.87. The second-order valence-electron chi connectivity index (χ2n) is 2.19. The van der Waals surface area contributed by atoms with E-state index in [1.54, 1.807) is 6.92 Å². The number of hydrogen-bond acceptors (Lipinski definition) is 2. The van der Waals surface area contributed by atoms with Gasteiger partial charge in [-0.2, -0.15) is 0 Å². The Balaban J connectivity index is -0.000000150. The van der Waals surface area contributed by atoms with Crippen LogP contribution in [0.3, 0.4) is 0 Å². The Hall–Kier alpha value is -1.32. The summed E-state index contributed by atoms with van der Waals surface area (Å²) in [4.78, 5) is 19.2. The van der Waals surface area contributed by atoms with Gasteiger partial charge >= 0.3 is 11.9 Å². The molecule has 0 heterocycles. The highest BCUT2D eigenvalue weighted by Gasteiger charge is 2.05. The Kier molecular flexibility index (Phi) is 14.5. The van der Waals surface area contributed by atoms with Gasteiger partial charge in [0.2, 0.25) is 0 Å². The van der Waals surface area contributed by atoms with Crippen molar-refractivity contribution in [2.75, 3.05) is 0 Å². The zero-order valence-electron chi connectivity index (χ0n) is 7.28. The Bertz CT molecular complexity index is 163. The topological polar surface area (TPSA) is 74.6 Å². The van der Waals surface area contributed by atoms with Gasteiger partial charge in [0.25, 0.3) is 0 Å². The van der Waals surface area contributed by atoms with E-state index in [-0.39, 0.29) is 13.3 Å². The monoisotopic (exact) mass is 190 g/mol. The molecule has 78 valence electrons. The van der Waals surface area contributed by atoms with E-state index in [4.69, 9.17) is 10.2 Å². The normalized spacial score (nSPS) is 9.69. The fraction of sp³-hybridized carbons (Fsp3) is 0.556. The molecule has 0 saturated carbocycles. The Morgan fingerprint density at radius 1 is 1.46 bits per heavy atom. The zero-order valence-corrected chi connectivity index (χ0v) is 7.28. The molecule has 1 unspecified atom stereocenters. The van der Waals surface area contributed by atoms with Crippen molar-refractivity contribution in [1.29, 1.82) is 0 Å². The molecule has 0 saturated heterocycles. The molecule has 0 fully saturated rings. The van der Waals surface area contributed by atoms with Crippen LogP contribution < -0.4 is 0 Å². The molecule has 2 N–H and O–H groups in total. The summed E-state index contributed by atoms with van der Waals surface area (Å²) >= 11 is 0. The van der Waals surface area contributed by atoms with E-state index < -0.39 is 11.9 Å². The van der Waals surface area contributed by atoms with Crippen LogP contribution in [0.1, 0.15) is 27.7 Å². The molecule has 0 radical (unpaired) electrons. The minimum Gasteiger partial charge on any atom is -0.481 e. The average Bonchev–Trinajstić information content (AvgIpc) is 2.04. The lowest BCUT2D eigenvalue weighted by Crippen LogP contribution is -2.06. The quantitative estimate of drug-likeness (QED) is 0.667. The number of hydrogen-bond donors (Lipinski definition) is 2. The van der Waals surface area contributed by atoms with Crippen molar-refractivity contribution >= 4 is 11.9 Å². The number of carbonyl (C=O) groups is 2. The fourth-order valence-corrected chi connectivity index (χ4v) is 0.175. The molecule has 0 amide bonds. The maximum absolute atomic E-state index is 9.93. The molecule has 13 heavy (non-hydrogen) atoms. The molecule has 0 aliphatic rings. The van der Waals surface area contributed by atoms with Crippen molar-refractivity contribution in [3.05, 3.63) is 12.7 Å². The highest BCUT2D eigenvalue weighted by molar-refractivity contribution is 5.78. The van der Waals surface area contributed by atoms with Crippen LogP contribution in [0.4, 0.5) is 0 Å². The Labute approximate surface area is 78.9 Å². The van der Waals surface area contributed by atoms with Gasteiger partial charge in [-0.25, -0.2) is 4.79 Å². The molecule has 4 heteroatoms. The van der Waals surface area contributed by atoms with E-state index in [0.717, 1.165) is 12.5 Å². The largest absolute Gasteiger partial charge is 0.481 e. The van der Waals surface area contributed by atoms with Crippen molar-refractivity contribution in [2.45, 2.75) is 27.7 Å². The lowest BCUT2D eigenvalue weighted by molar-refractivity contribution is -0.141. The molecule has 0 bridgehead atoms. The first kappa shape index (κ1) is 17.7. The van der Waals surface area contributed by atoms with E-state index in [9.17, 15) is 9.59 Å². The van der Waals surface area contributed by atoms with Crippen LogP contribution in [0, 0.1) is 5.92 Å². The number of rotatable bonds is 3. The summed E-state index contributed by atoms with van der Waals surface area (Å²) in [5.41, 5.74) is 0. The zero-order chi connectivity index (χ0) is 10.1. The first-order valence-electron chi connectivity index (χ1n) is 3.53. The van der Waals surface area contributed by atoms with Crippen molar-refractivity contribution in [1.82, 2.24) is 0 Å². The van der Waals surface area contributed by atoms with Crippen LogP contribution in [0.2, 0.25) is 0 Å². The molecule has 0 aromatic heterocycles. The molecule has 0 aromatic carbocycles. The third-order valence-corrected chi connectivity index (χ3v) is 1.21. The summed E-state index contributed by atoms with van der Waals surface area (Å²) in [5, 5.41) is 15.8. The van der Waals surface area contributed by atoms with Crippen LogP contribution in [-0.2, 0) is 9.59 Å². The third kappa shape index (κ3) is 18.0. The summed E-state index contributed by atoms with van der Waals surface area (Å²) in [6, 6.07) is 0. The average molecular weight is 190 g/mol. The van der Waals surface area contributed by atoms with Crippen molar-refractivity contribution in [3.63, 3.8) is 0 Å². The van der Waals surface area contributed by atoms with Gasteiger partial charge in [-0.15, -0.1) is 0 Å². The van der Waals surface area contributed by atoms with Crippen LogP contribution in [0.25, 0.3) is 0 Å². The Morgan fingerprint density at radius 2 is 1.77 bits per heavy atom. The number of aliphatic carboxylic acids is 2.